The van der Waals surface area contributed by atoms with Crippen LogP contribution >= 0.6 is 24.0 Å². The van der Waals surface area contributed by atoms with E-state index in [1.165, 1.54) is 18.5 Å². The number of fused-ring (bicyclic) bond motifs is 1. The lowest BCUT2D eigenvalue weighted by Crippen LogP contribution is -2.42. The second kappa shape index (κ2) is 14.0. The first kappa shape index (κ1) is 25.0. The standard InChI is InChI=1S/C22H38N4O.HI/c1-5-23-22(25-18(4)11-10-15-26(6-2)7-3)24-17-19-14-16-27-21-13-9-8-12-20(19)21;/h8-9,12-13,18-19H,5-7,10-11,14-17H2,1-4H3,(H2,23,24,25);1H. The molecule has 2 N–H and O–H groups in total. The van der Waals surface area contributed by atoms with E-state index in [1.54, 1.807) is 0 Å². The van der Waals surface area contributed by atoms with Gasteiger partial charge in [-0.05, 0) is 64.4 Å². The lowest BCUT2D eigenvalue weighted by molar-refractivity contribution is 0.269. The molecule has 0 bridgehead atoms. The van der Waals surface area contributed by atoms with Crippen molar-refractivity contribution in [1.29, 1.82) is 0 Å². The van der Waals surface area contributed by atoms with Crippen molar-refractivity contribution in [2.24, 2.45) is 4.99 Å². The molecule has 160 valence electrons. The van der Waals surface area contributed by atoms with Crippen LogP contribution in [0.3, 0.4) is 0 Å². The Bertz CT molecular complexity index is 577. The van der Waals surface area contributed by atoms with Gasteiger partial charge in [0.2, 0.25) is 0 Å². The Morgan fingerprint density at radius 3 is 2.71 bits per heavy atom. The zero-order valence-electron chi connectivity index (χ0n) is 18.0. The Hall–Kier alpha value is -1.02. The fourth-order valence-corrected chi connectivity index (χ4v) is 3.59. The number of ether oxygens (including phenoxy) is 1. The van der Waals surface area contributed by atoms with E-state index in [2.05, 4.69) is 61.4 Å². The molecule has 28 heavy (non-hydrogen) atoms. The third kappa shape index (κ3) is 8.15. The molecule has 1 aromatic rings. The quantitative estimate of drug-likeness (QED) is 0.286. The van der Waals surface area contributed by atoms with Crippen molar-refractivity contribution in [3.05, 3.63) is 29.8 Å². The predicted molar refractivity (Wildman–Crippen MR) is 130 cm³/mol. The molecule has 0 aromatic heterocycles. The summed E-state index contributed by atoms with van der Waals surface area (Å²) in [7, 11) is 0. The molecular formula is C22H39IN4O. The summed E-state index contributed by atoms with van der Waals surface area (Å²) in [5.74, 6) is 2.38. The van der Waals surface area contributed by atoms with Gasteiger partial charge in [0.25, 0.3) is 0 Å². The molecule has 5 nitrogen and oxygen atoms in total. The predicted octanol–water partition coefficient (Wildman–Crippen LogP) is 4.24. The largest absolute Gasteiger partial charge is 0.493 e. The minimum Gasteiger partial charge on any atom is -0.493 e. The maximum Gasteiger partial charge on any atom is 0.191 e. The molecule has 1 heterocycles. The first-order valence-corrected chi connectivity index (χ1v) is 10.7. The molecule has 2 rings (SSSR count). The first-order valence-electron chi connectivity index (χ1n) is 10.7. The Morgan fingerprint density at radius 2 is 2.00 bits per heavy atom. The summed E-state index contributed by atoms with van der Waals surface area (Å²) in [6, 6.07) is 8.78. The summed E-state index contributed by atoms with van der Waals surface area (Å²) in [6.07, 6.45) is 3.39. The molecule has 0 saturated carbocycles. The Balaban J connectivity index is 0.00000392. The van der Waals surface area contributed by atoms with Crippen molar-refractivity contribution < 1.29 is 4.74 Å². The highest BCUT2D eigenvalue weighted by Gasteiger charge is 2.20. The van der Waals surface area contributed by atoms with E-state index in [0.717, 1.165) is 57.3 Å². The third-order valence-electron chi connectivity index (χ3n) is 5.29. The van der Waals surface area contributed by atoms with E-state index < -0.39 is 0 Å². The number of aliphatic imine (C=N–C) groups is 1. The van der Waals surface area contributed by atoms with Crippen molar-refractivity contribution in [3.8, 4) is 5.75 Å². The number of hydrogen-bond donors (Lipinski definition) is 2. The molecule has 0 saturated heterocycles. The monoisotopic (exact) mass is 502 g/mol. The normalized spacial score (nSPS) is 17.3. The van der Waals surface area contributed by atoms with Gasteiger partial charge in [-0.2, -0.15) is 0 Å². The van der Waals surface area contributed by atoms with Crippen molar-refractivity contribution >= 4 is 29.9 Å². The van der Waals surface area contributed by atoms with E-state index in [1.807, 2.05) is 6.07 Å². The molecule has 1 aliphatic rings. The Kier molecular flexibility index (Phi) is 12.5. The van der Waals surface area contributed by atoms with Crippen LogP contribution in [0.25, 0.3) is 0 Å². The Labute approximate surface area is 188 Å². The van der Waals surface area contributed by atoms with E-state index >= 15 is 0 Å². The molecule has 0 amide bonds. The van der Waals surface area contributed by atoms with E-state index in [-0.39, 0.29) is 24.0 Å². The molecule has 6 heteroatoms. The average Bonchev–Trinajstić information content (AvgIpc) is 2.69. The fourth-order valence-electron chi connectivity index (χ4n) is 3.59. The third-order valence-corrected chi connectivity index (χ3v) is 5.29. The summed E-state index contributed by atoms with van der Waals surface area (Å²) in [4.78, 5) is 7.36. The van der Waals surface area contributed by atoms with Crippen molar-refractivity contribution in [2.75, 3.05) is 39.3 Å². The van der Waals surface area contributed by atoms with Crippen LogP contribution < -0.4 is 15.4 Å². The summed E-state index contributed by atoms with van der Waals surface area (Å²) in [5, 5.41) is 6.98. The number of halogens is 1. The summed E-state index contributed by atoms with van der Waals surface area (Å²) < 4.78 is 5.77. The van der Waals surface area contributed by atoms with Crippen LogP contribution in [0, 0.1) is 0 Å². The molecular weight excluding hydrogens is 463 g/mol. The van der Waals surface area contributed by atoms with Gasteiger partial charge in [-0.1, -0.05) is 32.0 Å². The molecule has 2 atom stereocenters. The maximum atomic E-state index is 5.77. The van der Waals surface area contributed by atoms with Crippen LogP contribution in [-0.4, -0.2) is 56.2 Å². The molecule has 0 radical (unpaired) electrons. The van der Waals surface area contributed by atoms with Crippen molar-refractivity contribution in [2.45, 2.75) is 58.9 Å². The molecule has 0 spiro atoms. The molecule has 0 fully saturated rings. The number of rotatable bonds is 10. The van der Waals surface area contributed by atoms with Gasteiger partial charge >= 0.3 is 0 Å². The summed E-state index contributed by atoms with van der Waals surface area (Å²) >= 11 is 0. The van der Waals surface area contributed by atoms with Gasteiger partial charge in [0.1, 0.15) is 5.75 Å². The van der Waals surface area contributed by atoms with Crippen LogP contribution in [0.4, 0.5) is 0 Å². The highest BCUT2D eigenvalue weighted by atomic mass is 127. The fraction of sp³-hybridized carbons (Fsp3) is 0.682. The van der Waals surface area contributed by atoms with Gasteiger partial charge in [-0.25, -0.2) is 0 Å². The highest BCUT2D eigenvalue weighted by Crippen LogP contribution is 2.33. The molecule has 1 aromatic carbocycles. The minimum atomic E-state index is 0. The lowest BCUT2D eigenvalue weighted by atomic mass is 9.93. The summed E-state index contributed by atoms with van der Waals surface area (Å²) in [5.41, 5.74) is 1.29. The van der Waals surface area contributed by atoms with Gasteiger partial charge in [0.05, 0.1) is 6.61 Å². The highest BCUT2D eigenvalue weighted by molar-refractivity contribution is 14.0. The van der Waals surface area contributed by atoms with Gasteiger partial charge in [0.15, 0.2) is 5.96 Å². The lowest BCUT2D eigenvalue weighted by Gasteiger charge is -2.25. The molecule has 0 aliphatic carbocycles. The van der Waals surface area contributed by atoms with Gasteiger partial charge in [0, 0.05) is 25.0 Å². The van der Waals surface area contributed by atoms with E-state index in [0.29, 0.717) is 12.0 Å². The van der Waals surface area contributed by atoms with Crippen LogP contribution in [-0.2, 0) is 0 Å². The summed E-state index contributed by atoms with van der Waals surface area (Å²) in [6.45, 7) is 14.7. The van der Waals surface area contributed by atoms with E-state index in [9.17, 15) is 0 Å². The van der Waals surface area contributed by atoms with Crippen LogP contribution in [0.15, 0.2) is 29.3 Å². The number of para-hydroxylation sites is 1. The van der Waals surface area contributed by atoms with Gasteiger partial charge in [-0.3, -0.25) is 4.99 Å². The van der Waals surface area contributed by atoms with Crippen LogP contribution in [0.2, 0.25) is 0 Å². The Morgan fingerprint density at radius 1 is 1.25 bits per heavy atom. The second-order valence-corrected chi connectivity index (χ2v) is 7.31. The molecule has 1 aliphatic heterocycles. The number of hydrogen-bond acceptors (Lipinski definition) is 3. The van der Waals surface area contributed by atoms with Crippen LogP contribution in [0.1, 0.15) is 58.4 Å². The topological polar surface area (TPSA) is 48.9 Å². The maximum absolute atomic E-state index is 5.77. The second-order valence-electron chi connectivity index (χ2n) is 7.31. The van der Waals surface area contributed by atoms with Gasteiger partial charge in [-0.15, -0.1) is 24.0 Å². The van der Waals surface area contributed by atoms with Gasteiger partial charge < -0.3 is 20.3 Å². The SMILES string of the molecule is CCNC(=NCC1CCOc2ccccc21)NC(C)CCCN(CC)CC.I. The number of benzene rings is 1. The minimum absolute atomic E-state index is 0. The number of nitrogens with zero attached hydrogens (tertiary/aromatic N) is 2. The van der Waals surface area contributed by atoms with Crippen molar-refractivity contribution in [1.82, 2.24) is 15.5 Å². The smallest absolute Gasteiger partial charge is 0.191 e. The van der Waals surface area contributed by atoms with E-state index in [4.69, 9.17) is 9.73 Å². The zero-order chi connectivity index (χ0) is 19.5. The van der Waals surface area contributed by atoms with Crippen molar-refractivity contribution in [3.63, 3.8) is 0 Å². The first-order chi connectivity index (χ1) is 13.2. The number of guanidine groups is 1. The van der Waals surface area contributed by atoms with Crippen LogP contribution in [0.5, 0.6) is 5.75 Å². The average molecular weight is 502 g/mol. The zero-order valence-corrected chi connectivity index (χ0v) is 20.4. The molecule has 2 unspecified atom stereocenters. The number of nitrogens with one attached hydrogen (secondary N) is 2.